The lowest BCUT2D eigenvalue weighted by Crippen LogP contribution is -2.68. The summed E-state index contributed by atoms with van der Waals surface area (Å²) in [6, 6.07) is -0.411. The lowest BCUT2D eigenvalue weighted by Gasteiger charge is -2.47. The number of fused-ring (bicyclic) bond motifs is 1. The van der Waals surface area contributed by atoms with Crippen LogP contribution in [0.2, 0.25) is 0 Å². The van der Waals surface area contributed by atoms with E-state index in [1.807, 2.05) is 30.7 Å². The van der Waals surface area contributed by atoms with Gasteiger partial charge in [-0.25, -0.2) is 4.98 Å². The molecule has 1 aromatic heterocycles. The quantitative estimate of drug-likeness (QED) is 0.855. The molecule has 1 aromatic rings. The molecule has 2 amide bonds. The van der Waals surface area contributed by atoms with Gasteiger partial charge in [0.1, 0.15) is 16.4 Å². The average Bonchev–Trinajstić information content (AvgIpc) is 2.98. The van der Waals surface area contributed by atoms with E-state index in [9.17, 15) is 9.59 Å². The normalized spacial score (nSPS) is 24.5. The van der Waals surface area contributed by atoms with Crippen molar-refractivity contribution < 1.29 is 9.59 Å². The summed E-state index contributed by atoms with van der Waals surface area (Å²) in [5.41, 5.74) is 1.12. The van der Waals surface area contributed by atoms with E-state index in [-0.39, 0.29) is 23.6 Å². The second-order valence-electron chi connectivity index (χ2n) is 4.80. The topological polar surface area (TPSA) is 62.3 Å². The van der Waals surface area contributed by atoms with Crippen molar-refractivity contribution in [3.63, 3.8) is 0 Å². The monoisotopic (exact) mass is 321 g/mol. The van der Waals surface area contributed by atoms with Gasteiger partial charge in [0, 0.05) is 23.5 Å². The van der Waals surface area contributed by atoms with Gasteiger partial charge in [-0.15, -0.1) is 23.1 Å². The van der Waals surface area contributed by atoms with E-state index in [0.717, 1.165) is 16.3 Å². The van der Waals surface area contributed by atoms with Gasteiger partial charge in [0.15, 0.2) is 0 Å². The molecule has 0 spiro atoms. The molecule has 0 aliphatic carbocycles. The molecule has 1 fully saturated rings. The van der Waals surface area contributed by atoms with Gasteiger partial charge in [0.2, 0.25) is 5.91 Å². The molecule has 0 saturated carbocycles. The van der Waals surface area contributed by atoms with Crippen LogP contribution < -0.4 is 5.32 Å². The number of thioether (sulfide) groups is 1. The van der Waals surface area contributed by atoms with Crippen LogP contribution in [-0.2, 0) is 16.0 Å². The lowest BCUT2D eigenvalue weighted by molar-refractivity contribution is -0.144. The summed E-state index contributed by atoms with van der Waals surface area (Å²) >= 11 is 3.12. The summed E-state index contributed by atoms with van der Waals surface area (Å²) in [5, 5.41) is 5.44. The fourth-order valence-corrected chi connectivity index (χ4v) is 4.19. The zero-order valence-corrected chi connectivity index (χ0v) is 13.1. The Bertz CT molecular complexity index is 610. The molecule has 1 saturated heterocycles. The van der Waals surface area contributed by atoms with Crippen molar-refractivity contribution in [3.05, 3.63) is 40.5 Å². The number of carbonyl (C=O) groups excluding carboxylic acids is 2. The SMILES string of the molecule is CC=CC1=CN2C(=O)C(NC(=O)Cc3nccs3)[C@H]2SC1. The van der Waals surface area contributed by atoms with Crippen molar-refractivity contribution in [1.82, 2.24) is 15.2 Å². The van der Waals surface area contributed by atoms with Crippen molar-refractivity contribution in [3.8, 4) is 0 Å². The van der Waals surface area contributed by atoms with Gasteiger partial charge in [-0.05, 0) is 12.5 Å². The maximum absolute atomic E-state index is 12.1. The molecule has 110 valence electrons. The van der Waals surface area contributed by atoms with Crippen molar-refractivity contribution in [2.24, 2.45) is 0 Å². The molecule has 2 aliphatic heterocycles. The molecule has 5 nitrogen and oxygen atoms in total. The Morgan fingerprint density at radius 3 is 3.19 bits per heavy atom. The maximum Gasteiger partial charge on any atom is 0.253 e. The number of hydrogen-bond acceptors (Lipinski definition) is 5. The third-order valence-corrected chi connectivity index (χ3v) is 5.42. The van der Waals surface area contributed by atoms with Gasteiger partial charge in [0.25, 0.3) is 5.91 Å². The fraction of sp³-hybridized carbons (Fsp3) is 0.357. The highest BCUT2D eigenvalue weighted by Crippen LogP contribution is 2.36. The molecule has 1 unspecified atom stereocenters. The van der Waals surface area contributed by atoms with E-state index in [0.29, 0.717) is 0 Å². The highest BCUT2D eigenvalue weighted by molar-refractivity contribution is 8.00. The highest BCUT2D eigenvalue weighted by Gasteiger charge is 2.49. The van der Waals surface area contributed by atoms with Crippen LogP contribution in [0.4, 0.5) is 0 Å². The molecule has 21 heavy (non-hydrogen) atoms. The van der Waals surface area contributed by atoms with E-state index in [1.165, 1.54) is 11.3 Å². The van der Waals surface area contributed by atoms with Crippen LogP contribution in [0.15, 0.2) is 35.5 Å². The first kappa shape index (κ1) is 14.3. The standard InChI is InChI=1S/C14H15N3O2S2/c1-2-3-9-7-17-13(19)12(14(17)21-8-9)16-10(18)6-11-15-4-5-20-11/h2-5,7,12,14H,6,8H2,1H3,(H,16,18)/t12?,14-/m1/s1. The molecule has 3 heterocycles. The van der Waals surface area contributed by atoms with E-state index < -0.39 is 6.04 Å². The summed E-state index contributed by atoms with van der Waals surface area (Å²) in [4.78, 5) is 29.8. The minimum absolute atomic E-state index is 0.0201. The molecular formula is C14H15N3O2S2. The fourth-order valence-electron chi connectivity index (χ4n) is 2.34. The smallest absolute Gasteiger partial charge is 0.253 e. The summed E-state index contributed by atoms with van der Waals surface area (Å²) in [5.74, 6) is 0.672. The van der Waals surface area contributed by atoms with Crippen molar-refractivity contribution in [2.75, 3.05) is 5.75 Å². The summed E-state index contributed by atoms with van der Waals surface area (Å²) in [6.45, 7) is 1.96. The van der Waals surface area contributed by atoms with Gasteiger partial charge < -0.3 is 10.2 Å². The minimum Gasteiger partial charge on any atom is -0.341 e. The molecule has 0 aromatic carbocycles. The zero-order chi connectivity index (χ0) is 14.8. The molecule has 0 radical (unpaired) electrons. The Labute approximate surface area is 131 Å². The summed E-state index contributed by atoms with van der Waals surface area (Å²) in [7, 11) is 0. The van der Waals surface area contributed by atoms with E-state index in [1.54, 1.807) is 22.9 Å². The van der Waals surface area contributed by atoms with Crippen LogP contribution in [0.1, 0.15) is 11.9 Å². The van der Waals surface area contributed by atoms with Crippen LogP contribution in [0, 0.1) is 0 Å². The molecule has 1 N–H and O–H groups in total. The molecule has 7 heteroatoms. The Morgan fingerprint density at radius 1 is 1.62 bits per heavy atom. The second kappa shape index (κ2) is 6.03. The lowest BCUT2D eigenvalue weighted by atomic mass is 10.1. The van der Waals surface area contributed by atoms with Crippen LogP contribution in [0.3, 0.4) is 0 Å². The number of β-lactam (4-membered cyclic amide) rings is 1. The third kappa shape index (κ3) is 2.89. The second-order valence-corrected chi connectivity index (χ2v) is 6.88. The first-order chi connectivity index (χ1) is 10.2. The number of thiazole rings is 1. The van der Waals surface area contributed by atoms with Crippen molar-refractivity contribution in [2.45, 2.75) is 24.8 Å². The first-order valence-corrected chi connectivity index (χ1v) is 8.57. The Hall–Kier alpha value is -1.60. The highest BCUT2D eigenvalue weighted by atomic mass is 32.2. The average molecular weight is 321 g/mol. The van der Waals surface area contributed by atoms with E-state index >= 15 is 0 Å². The number of amides is 2. The molecule has 0 bridgehead atoms. The number of allylic oxidation sites excluding steroid dienone is 2. The number of nitrogens with zero attached hydrogens (tertiary/aromatic N) is 2. The number of aromatic nitrogens is 1. The largest absolute Gasteiger partial charge is 0.341 e. The number of nitrogens with one attached hydrogen (secondary N) is 1. The van der Waals surface area contributed by atoms with Gasteiger partial charge >= 0.3 is 0 Å². The molecule has 2 atom stereocenters. The van der Waals surface area contributed by atoms with Crippen molar-refractivity contribution in [1.29, 1.82) is 0 Å². The molecule has 2 aliphatic rings. The van der Waals surface area contributed by atoms with Gasteiger partial charge in [-0.2, -0.15) is 0 Å². The number of hydrogen-bond donors (Lipinski definition) is 1. The van der Waals surface area contributed by atoms with Crippen LogP contribution in [0.5, 0.6) is 0 Å². The van der Waals surface area contributed by atoms with Crippen molar-refractivity contribution >= 4 is 34.9 Å². The van der Waals surface area contributed by atoms with Crippen LogP contribution in [0.25, 0.3) is 0 Å². The maximum atomic E-state index is 12.1. The Balaban J connectivity index is 1.59. The Morgan fingerprint density at radius 2 is 2.48 bits per heavy atom. The van der Waals surface area contributed by atoms with Gasteiger partial charge in [-0.3, -0.25) is 9.59 Å². The van der Waals surface area contributed by atoms with Crippen LogP contribution in [-0.4, -0.2) is 38.9 Å². The van der Waals surface area contributed by atoms with E-state index in [4.69, 9.17) is 0 Å². The predicted octanol–water partition coefficient (Wildman–Crippen LogP) is 1.55. The van der Waals surface area contributed by atoms with Gasteiger partial charge in [0.05, 0.1) is 6.42 Å². The summed E-state index contributed by atoms with van der Waals surface area (Å²) < 4.78 is 0. The molecule has 3 rings (SSSR count). The zero-order valence-electron chi connectivity index (χ0n) is 11.5. The molecular weight excluding hydrogens is 306 g/mol. The summed E-state index contributed by atoms with van der Waals surface area (Å²) in [6.07, 6.45) is 7.76. The van der Waals surface area contributed by atoms with Gasteiger partial charge in [-0.1, -0.05) is 12.2 Å². The first-order valence-electron chi connectivity index (χ1n) is 6.64. The van der Waals surface area contributed by atoms with Crippen LogP contribution >= 0.6 is 23.1 Å². The van der Waals surface area contributed by atoms with E-state index in [2.05, 4.69) is 10.3 Å². The number of carbonyl (C=O) groups is 2. The Kier molecular flexibility index (Phi) is 4.12. The third-order valence-electron chi connectivity index (χ3n) is 3.30. The number of rotatable bonds is 4. The minimum atomic E-state index is -0.411. The predicted molar refractivity (Wildman–Crippen MR) is 83.7 cm³/mol.